The van der Waals surface area contributed by atoms with Gasteiger partial charge in [-0.1, -0.05) is 12.1 Å². The van der Waals surface area contributed by atoms with Crippen molar-refractivity contribution in [2.24, 2.45) is 5.10 Å². The number of carbonyl (C=O) groups is 1. The van der Waals surface area contributed by atoms with Crippen LogP contribution in [0.4, 0.5) is 5.69 Å². The number of rotatable bonds is 4. The smallest absolute Gasteiger partial charge is 0.278 e. The highest BCUT2D eigenvalue weighted by molar-refractivity contribution is 5.95. The van der Waals surface area contributed by atoms with E-state index in [1.54, 1.807) is 12.1 Å². The fourth-order valence-corrected chi connectivity index (χ4v) is 1.60. The number of carbonyl (C=O) groups excluding carboxylic acids is 1. The third kappa shape index (κ3) is 3.63. The summed E-state index contributed by atoms with van der Waals surface area (Å²) in [7, 11) is 0. The minimum absolute atomic E-state index is 0.0509. The zero-order valence-electron chi connectivity index (χ0n) is 10.8. The molecular formula is C14H11N3O4. The number of amides is 1. The van der Waals surface area contributed by atoms with Crippen molar-refractivity contribution in [3.05, 3.63) is 69.8 Å². The van der Waals surface area contributed by atoms with Gasteiger partial charge in [-0.25, -0.2) is 5.43 Å². The van der Waals surface area contributed by atoms with Crippen molar-refractivity contribution in [3.8, 4) is 5.75 Å². The molecule has 0 bridgehead atoms. The van der Waals surface area contributed by atoms with Gasteiger partial charge in [0.1, 0.15) is 5.75 Å². The van der Waals surface area contributed by atoms with Gasteiger partial charge in [0.05, 0.1) is 16.7 Å². The third-order valence-electron chi connectivity index (χ3n) is 2.63. The zero-order chi connectivity index (χ0) is 15.2. The lowest BCUT2D eigenvalue weighted by Gasteiger charge is -2.00. The van der Waals surface area contributed by atoms with Crippen LogP contribution in [0.5, 0.6) is 5.75 Å². The number of phenolic OH excluding ortho intramolecular Hbond substituents is 1. The highest BCUT2D eigenvalue weighted by Gasteiger charge is 2.10. The number of aromatic hydroxyl groups is 1. The van der Waals surface area contributed by atoms with Crippen LogP contribution in [0.25, 0.3) is 0 Å². The van der Waals surface area contributed by atoms with E-state index in [9.17, 15) is 14.9 Å². The molecule has 0 atom stereocenters. The molecule has 0 unspecified atom stereocenters. The Bertz CT molecular complexity index is 696. The summed E-state index contributed by atoms with van der Waals surface area (Å²) in [6.07, 6.45) is 1.20. The maximum Gasteiger partial charge on any atom is 0.278 e. The van der Waals surface area contributed by atoms with Crippen LogP contribution in [0, 0.1) is 10.1 Å². The van der Waals surface area contributed by atoms with Crippen molar-refractivity contribution in [3.63, 3.8) is 0 Å². The number of benzene rings is 2. The molecule has 0 saturated carbocycles. The summed E-state index contributed by atoms with van der Waals surface area (Å²) in [5.74, 6) is -0.431. The first kappa shape index (κ1) is 14.2. The van der Waals surface area contributed by atoms with E-state index in [2.05, 4.69) is 10.5 Å². The Kier molecular flexibility index (Phi) is 4.25. The molecule has 0 aliphatic heterocycles. The average Bonchev–Trinajstić information content (AvgIpc) is 2.48. The van der Waals surface area contributed by atoms with E-state index >= 15 is 0 Å². The molecule has 2 N–H and O–H groups in total. The third-order valence-corrected chi connectivity index (χ3v) is 2.63. The number of nitrogens with zero attached hydrogens (tertiary/aromatic N) is 2. The summed E-state index contributed by atoms with van der Waals surface area (Å²) in [5, 5.41) is 23.6. The minimum Gasteiger partial charge on any atom is -0.508 e. The van der Waals surface area contributed by atoms with Crippen LogP contribution >= 0.6 is 0 Å². The lowest BCUT2D eigenvalue weighted by atomic mass is 10.2. The first-order chi connectivity index (χ1) is 10.1. The molecule has 0 heterocycles. The fourth-order valence-electron chi connectivity index (χ4n) is 1.60. The molecule has 0 aliphatic carbocycles. The summed E-state index contributed by atoms with van der Waals surface area (Å²) in [6, 6.07) is 11.7. The number of phenols is 1. The quantitative estimate of drug-likeness (QED) is 0.509. The second-order valence-electron chi connectivity index (χ2n) is 4.06. The molecule has 21 heavy (non-hydrogen) atoms. The van der Waals surface area contributed by atoms with Crippen LogP contribution in [0.1, 0.15) is 15.9 Å². The Morgan fingerprint density at radius 1 is 1.19 bits per heavy atom. The van der Waals surface area contributed by atoms with E-state index in [1.807, 2.05) is 0 Å². The lowest BCUT2D eigenvalue weighted by Crippen LogP contribution is -2.17. The molecule has 2 rings (SSSR count). The molecule has 106 valence electrons. The van der Waals surface area contributed by atoms with Crippen LogP contribution in [-0.4, -0.2) is 22.2 Å². The highest BCUT2D eigenvalue weighted by atomic mass is 16.6. The molecule has 0 radical (unpaired) electrons. The average molecular weight is 285 g/mol. The molecule has 0 saturated heterocycles. The van der Waals surface area contributed by atoms with Gasteiger partial charge in [-0.05, 0) is 30.3 Å². The van der Waals surface area contributed by atoms with Gasteiger partial charge < -0.3 is 5.11 Å². The van der Waals surface area contributed by atoms with Crippen LogP contribution in [0.3, 0.4) is 0 Å². The summed E-state index contributed by atoms with van der Waals surface area (Å²) in [4.78, 5) is 22.0. The molecule has 2 aromatic carbocycles. The van der Waals surface area contributed by atoms with Crippen molar-refractivity contribution in [1.29, 1.82) is 0 Å². The molecular weight excluding hydrogens is 274 g/mol. The normalized spacial score (nSPS) is 10.5. The summed E-state index contributed by atoms with van der Waals surface area (Å²) in [6.45, 7) is 0. The Hall–Kier alpha value is -3.22. The SMILES string of the molecule is O=C(N/N=C\c1ccccc1[N+](=O)[O-])c1ccc(O)cc1. The zero-order valence-corrected chi connectivity index (χ0v) is 10.8. The monoisotopic (exact) mass is 285 g/mol. The second kappa shape index (κ2) is 6.29. The van der Waals surface area contributed by atoms with E-state index < -0.39 is 10.8 Å². The largest absolute Gasteiger partial charge is 0.508 e. The number of para-hydroxylation sites is 1. The standard InChI is InChI=1S/C14H11N3O4/c18-12-7-5-10(6-8-12)14(19)16-15-9-11-3-1-2-4-13(11)17(20)21/h1-9,18H,(H,16,19)/b15-9-. The van der Waals surface area contributed by atoms with Gasteiger partial charge in [0.2, 0.25) is 0 Å². The maximum atomic E-state index is 11.7. The van der Waals surface area contributed by atoms with Crippen LogP contribution in [-0.2, 0) is 0 Å². The number of nitro benzene ring substituents is 1. The second-order valence-corrected chi connectivity index (χ2v) is 4.06. The van der Waals surface area contributed by atoms with Gasteiger partial charge in [-0.2, -0.15) is 5.10 Å². The summed E-state index contributed by atoms with van der Waals surface area (Å²) >= 11 is 0. The number of hydrazone groups is 1. The Morgan fingerprint density at radius 3 is 2.52 bits per heavy atom. The van der Waals surface area contributed by atoms with Crippen LogP contribution in [0.15, 0.2) is 53.6 Å². The molecule has 7 nitrogen and oxygen atoms in total. The summed E-state index contributed by atoms with van der Waals surface area (Å²) < 4.78 is 0. The molecule has 0 aromatic heterocycles. The molecule has 0 fully saturated rings. The van der Waals surface area contributed by atoms with Crippen molar-refractivity contribution >= 4 is 17.8 Å². The van der Waals surface area contributed by atoms with Crippen molar-refractivity contribution in [2.75, 3.05) is 0 Å². The van der Waals surface area contributed by atoms with Crippen molar-refractivity contribution in [2.45, 2.75) is 0 Å². The highest BCUT2D eigenvalue weighted by Crippen LogP contribution is 2.15. The van der Waals surface area contributed by atoms with Gasteiger partial charge in [-0.3, -0.25) is 14.9 Å². The Morgan fingerprint density at radius 2 is 1.86 bits per heavy atom. The maximum absolute atomic E-state index is 11.7. The number of nitro groups is 1. The predicted octanol–water partition coefficient (Wildman–Crippen LogP) is 2.06. The number of hydrogen-bond acceptors (Lipinski definition) is 5. The first-order valence-electron chi connectivity index (χ1n) is 5.94. The first-order valence-corrected chi connectivity index (χ1v) is 5.94. The van der Waals surface area contributed by atoms with Crippen molar-refractivity contribution in [1.82, 2.24) is 5.43 Å². The van der Waals surface area contributed by atoms with E-state index in [4.69, 9.17) is 5.11 Å². The van der Waals surface area contributed by atoms with E-state index in [0.29, 0.717) is 5.56 Å². The van der Waals surface area contributed by atoms with Crippen LogP contribution < -0.4 is 5.43 Å². The molecule has 0 spiro atoms. The van der Waals surface area contributed by atoms with Crippen LogP contribution in [0.2, 0.25) is 0 Å². The van der Waals surface area contributed by atoms with Gasteiger partial charge in [0.25, 0.3) is 11.6 Å². The number of hydrogen-bond donors (Lipinski definition) is 2. The van der Waals surface area contributed by atoms with Crippen molar-refractivity contribution < 1.29 is 14.8 Å². The van der Waals surface area contributed by atoms with Gasteiger partial charge >= 0.3 is 0 Å². The van der Waals surface area contributed by atoms with E-state index in [-0.39, 0.29) is 17.0 Å². The van der Waals surface area contributed by atoms with E-state index in [1.165, 1.54) is 42.6 Å². The molecule has 0 aliphatic rings. The molecule has 7 heteroatoms. The molecule has 2 aromatic rings. The van der Waals surface area contributed by atoms with E-state index in [0.717, 1.165) is 0 Å². The topological polar surface area (TPSA) is 105 Å². The van der Waals surface area contributed by atoms with Gasteiger partial charge in [0.15, 0.2) is 0 Å². The number of nitrogens with one attached hydrogen (secondary N) is 1. The minimum atomic E-state index is -0.525. The summed E-state index contributed by atoms with van der Waals surface area (Å²) in [5.41, 5.74) is 2.76. The van der Waals surface area contributed by atoms with Gasteiger partial charge in [-0.15, -0.1) is 0 Å². The van der Waals surface area contributed by atoms with Gasteiger partial charge in [0, 0.05) is 11.6 Å². The Labute approximate surface area is 119 Å². The fraction of sp³-hybridized carbons (Fsp3) is 0. The molecule has 1 amide bonds. The predicted molar refractivity (Wildman–Crippen MR) is 76.3 cm³/mol. The lowest BCUT2D eigenvalue weighted by molar-refractivity contribution is -0.385. The Balaban J connectivity index is 2.07.